The second-order valence-electron chi connectivity index (χ2n) is 6.05. The first kappa shape index (κ1) is 21.9. The monoisotopic (exact) mass is 446 g/mol. The summed E-state index contributed by atoms with van der Waals surface area (Å²) in [5.41, 5.74) is -1.78. The largest absolute Gasteiger partial charge is 0.482 e. The molecule has 2 heterocycles. The first-order valence-corrected chi connectivity index (χ1v) is 8.40. The number of anilines is 1. The topological polar surface area (TPSA) is 78.2 Å². The minimum atomic E-state index is -4.71. The molecule has 0 aliphatic heterocycles. The smallest absolute Gasteiger partial charge is 0.422 e. The van der Waals surface area contributed by atoms with Crippen molar-refractivity contribution in [2.24, 2.45) is 0 Å². The zero-order valence-corrected chi connectivity index (χ0v) is 15.2. The molecule has 3 aromatic rings. The molecule has 1 aromatic carbocycles. The minimum Gasteiger partial charge on any atom is -0.482 e. The summed E-state index contributed by atoms with van der Waals surface area (Å²) < 4.78 is 81.8. The Kier molecular flexibility index (Phi) is 6.04. The molecule has 31 heavy (non-hydrogen) atoms. The number of nitrogens with one attached hydrogen (secondary N) is 1. The molecule has 2 aromatic heterocycles. The normalized spacial score (nSPS) is 11.6. The quantitative estimate of drug-likeness (QED) is 0.585. The van der Waals surface area contributed by atoms with Crippen LogP contribution in [0.2, 0.25) is 0 Å². The van der Waals surface area contributed by atoms with E-state index in [-0.39, 0.29) is 16.1 Å². The Labute approximate surface area is 169 Å². The number of amides is 1. The molecule has 7 nitrogen and oxygen atoms in total. The molecule has 0 fully saturated rings. The molecule has 3 rings (SSSR count). The summed E-state index contributed by atoms with van der Waals surface area (Å²) in [6.07, 6.45) is -1.79. The minimum absolute atomic E-state index is 0.115. The van der Waals surface area contributed by atoms with E-state index in [0.29, 0.717) is 6.07 Å². The highest BCUT2D eigenvalue weighted by Crippen LogP contribution is 2.26. The highest BCUT2D eigenvalue weighted by Gasteiger charge is 2.29. The molecule has 0 atom stereocenters. The van der Waals surface area contributed by atoms with Crippen molar-refractivity contribution in [3.63, 3.8) is 0 Å². The highest BCUT2D eigenvalue weighted by atomic mass is 19.4. The first-order valence-electron chi connectivity index (χ1n) is 8.40. The molecule has 0 radical (unpaired) electrons. The molecule has 0 aliphatic carbocycles. The van der Waals surface area contributed by atoms with Crippen LogP contribution in [0.1, 0.15) is 16.9 Å². The SMILES string of the molecule is O=C(Nc1cnn(C(F)F)c1)c1cccn(-c2ccc(F)cc2OCC(F)(F)F)c1=O. The van der Waals surface area contributed by atoms with Gasteiger partial charge in [-0.3, -0.25) is 14.2 Å². The van der Waals surface area contributed by atoms with Crippen LogP contribution < -0.4 is 15.6 Å². The number of carbonyl (C=O) groups excluding carboxylic acids is 1. The number of pyridine rings is 1. The predicted molar refractivity (Wildman–Crippen MR) is 95.0 cm³/mol. The van der Waals surface area contributed by atoms with Crippen molar-refractivity contribution in [1.29, 1.82) is 0 Å². The average molecular weight is 446 g/mol. The Bertz CT molecular complexity index is 1160. The molecule has 164 valence electrons. The summed E-state index contributed by atoms with van der Waals surface area (Å²) >= 11 is 0. The lowest BCUT2D eigenvalue weighted by atomic mass is 10.2. The van der Waals surface area contributed by atoms with E-state index in [4.69, 9.17) is 0 Å². The van der Waals surface area contributed by atoms with Gasteiger partial charge < -0.3 is 10.1 Å². The summed E-state index contributed by atoms with van der Waals surface area (Å²) in [7, 11) is 0. The number of hydrogen-bond donors (Lipinski definition) is 1. The third kappa shape index (κ3) is 5.24. The maximum absolute atomic E-state index is 13.5. The highest BCUT2D eigenvalue weighted by molar-refractivity contribution is 6.03. The fourth-order valence-electron chi connectivity index (χ4n) is 2.53. The molecule has 0 bridgehead atoms. The van der Waals surface area contributed by atoms with E-state index in [1.165, 1.54) is 6.07 Å². The van der Waals surface area contributed by atoms with E-state index in [9.17, 15) is 35.9 Å². The fraction of sp³-hybridized carbons (Fsp3) is 0.167. The number of nitrogens with zero attached hydrogens (tertiary/aromatic N) is 3. The van der Waals surface area contributed by atoms with E-state index in [1.807, 2.05) is 0 Å². The Balaban J connectivity index is 1.93. The van der Waals surface area contributed by atoms with Gasteiger partial charge in [-0.05, 0) is 24.3 Å². The maximum atomic E-state index is 13.5. The molecule has 0 saturated carbocycles. The average Bonchev–Trinajstić information content (AvgIpc) is 3.15. The zero-order valence-electron chi connectivity index (χ0n) is 15.2. The van der Waals surface area contributed by atoms with Crippen LogP contribution >= 0.6 is 0 Å². The zero-order chi connectivity index (χ0) is 22.8. The molecule has 1 amide bonds. The third-order valence-corrected chi connectivity index (χ3v) is 3.82. The van der Waals surface area contributed by atoms with Gasteiger partial charge in [0.05, 0.1) is 23.8 Å². The molecule has 0 unspecified atom stereocenters. The van der Waals surface area contributed by atoms with Crippen LogP contribution in [0.3, 0.4) is 0 Å². The molecular weight excluding hydrogens is 434 g/mol. The van der Waals surface area contributed by atoms with Gasteiger partial charge in [-0.25, -0.2) is 9.07 Å². The van der Waals surface area contributed by atoms with Gasteiger partial charge in [-0.2, -0.15) is 27.1 Å². The standard InChI is InChI=1S/C18H12F6N4O3/c19-10-3-4-13(14(6-10)31-9-18(22,23)24)27-5-1-2-12(16(27)30)15(29)26-11-7-25-28(8-11)17(20)21/h1-8,17H,9H2,(H,26,29). The van der Waals surface area contributed by atoms with Gasteiger partial charge in [0.15, 0.2) is 6.61 Å². The van der Waals surface area contributed by atoms with E-state index in [0.717, 1.165) is 41.4 Å². The van der Waals surface area contributed by atoms with Gasteiger partial charge in [0.2, 0.25) is 0 Å². The first-order chi connectivity index (χ1) is 14.5. The van der Waals surface area contributed by atoms with E-state index in [2.05, 4.69) is 15.2 Å². The van der Waals surface area contributed by atoms with Crippen molar-refractivity contribution >= 4 is 11.6 Å². The lowest BCUT2D eigenvalue weighted by Gasteiger charge is -2.15. The van der Waals surface area contributed by atoms with Gasteiger partial charge in [0.1, 0.15) is 17.1 Å². The van der Waals surface area contributed by atoms with Gasteiger partial charge in [-0.1, -0.05) is 0 Å². The van der Waals surface area contributed by atoms with Gasteiger partial charge >= 0.3 is 12.7 Å². The number of aromatic nitrogens is 3. The lowest BCUT2D eigenvalue weighted by molar-refractivity contribution is -0.153. The van der Waals surface area contributed by atoms with E-state index in [1.54, 1.807) is 0 Å². The summed E-state index contributed by atoms with van der Waals surface area (Å²) in [6, 6.07) is 4.94. The Morgan fingerprint density at radius 3 is 2.61 bits per heavy atom. The lowest BCUT2D eigenvalue weighted by Crippen LogP contribution is -2.28. The van der Waals surface area contributed by atoms with Crippen molar-refractivity contribution < 1.29 is 35.9 Å². The Hall–Kier alpha value is -3.77. The van der Waals surface area contributed by atoms with Crippen molar-refractivity contribution in [2.45, 2.75) is 12.7 Å². The molecular formula is C18H12F6N4O3. The number of rotatable bonds is 6. The predicted octanol–water partition coefficient (Wildman–Crippen LogP) is 3.76. The summed E-state index contributed by atoms with van der Waals surface area (Å²) in [6.45, 7) is -4.67. The molecule has 13 heteroatoms. The van der Waals surface area contributed by atoms with E-state index >= 15 is 0 Å². The maximum Gasteiger partial charge on any atom is 0.422 e. The number of benzene rings is 1. The van der Waals surface area contributed by atoms with Crippen molar-refractivity contribution in [3.05, 3.63) is 70.7 Å². The van der Waals surface area contributed by atoms with Crippen LogP contribution in [0.4, 0.5) is 32.0 Å². The third-order valence-electron chi connectivity index (χ3n) is 3.82. The number of ether oxygens (including phenoxy) is 1. The van der Waals surface area contributed by atoms with Gasteiger partial charge in [-0.15, -0.1) is 0 Å². The second-order valence-corrected chi connectivity index (χ2v) is 6.05. The molecule has 0 spiro atoms. The number of hydrogen-bond acceptors (Lipinski definition) is 4. The van der Waals surface area contributed by atoms with Crippen LogP contribution in [0.25, 0.3) is 5.69 Å². The van der Waals surface area contributed by atoms with Crippen molar-refractivity contribution in [2.75, 3.05) is 11.9 Å². The van der Waals surface area contributed by atoms with Crippen molar-refractivity contribution in [3.8, 4) is 11.4 Å². The molecule has 0 aliphatic rings. The summed E-state index contributed by atoms with van der Waals surface area (Å²) in [5.74, 6) is -2.46. The number of alkyl halides is 5. The van der Waals surface area contributed by atoms with Crippen LogP contribution in [-0.2, 0) is 0 Å². The number of halogens is 6. The van der Waals surface area contributed by atoms with Crippen LogP contribution in [-0.4, -0.2) is 33.0 Å². The van der Waals surface area contributed by atoms with Crippen LogP contribution in [0.5, 0.6) is 5.75 Å². The number of carbonyl (C=O) groups is 1. The second kappa shape index (κ2) is 8.53. The van der Waals surface area contributed by atoms with Gasteiger partial charge in [0, 0.05) is 12.3 Å². The Morgan fingerprint density at radius 1 is 1.23 bits per heavy atom. The summed E-state index contributed by atoms with van der Waals surface area (Å²) in [4.78, 5) is 25.1. The fourth-order valence-corrected chi connectivity index (χ4v) is 2.53. The molecule has 1 N–H and O–H groups in total. The van der Waals surface area contributed by atoms with E-state index < -0.39 is 47.9 Å². The Morgan fingerprint density at radius 2 is 1.97 bits per heavy atom. The summed E-state index contributed by atoms with van der Waals surface area (Å²) in [5, 5.41) is 5.55. The van der Waals surface area contributed by atoms with Crippen LogP contribution in [0.15, 0.2) is 53.7 Å². The van der Waals surface area contributed by atoms with Crippen molar-refractivity contribution in [1.82, 2.24) is 14.3 Å². The van der Waals surface area contributed by atoms with Gasteiger partial charge in [0.25, 0.3) is 11.5 Å². The molecule has 0 saturated heterocycles. The van der Waals surface area contributed by atoms with Crippen LogP contribution in [0, 0.1) is 5.82 Å².